The maximum absolute atomic E-state index is 11.4. The van der Waals surface area contributed by atoms with Crippen molar-refractivity contribution in [2.75, 3.05) is 0 Å². The van der Waals surface area contributed by atoms with Crippen molar-refractivity contribution >= 4 is 36.4 Å². The number of benzene rings is 1. The summed E-state index contributed by atoms with van der Waals surface area (Å²) in [5, 5.41) is 4.60. The molecule has 1 heterocycles. The van der Waals surface area contributed by atoms with E-state index in [0.29, 0.717) is 10.9 Å². The Kier molecular flexibility index (Phi) is 2.92. The highest BCUT2D eigenvalue weighted by atomic mass is 35.7. The van der Waals surface area contributed by atoms with Crippen molar-refractivity contribution in [1.29, 1.82) is 0 Å². The van der Waals surface area contributed by atoms with Gasteiger partial charge in [-0.05, 0) is 6.07 Å². The van der Waals surface area contributed by atoms with Gasteiger partial charge < -0.3 is 0 Å². The van der Waals surface area contributed by atoms with Crippen LogP contribution < -0.4 is 0 Å². The highest BCUT2D eigenvalue weighted by Crippen LogP contribution is 2.20. The fourth-order valence-electron chi connectivity index (χ4n) is 1.63. The number of carbonyl (C=O) groups excluding carboxylic acids is 1. The van der Waals surface area contributed by atoms with Crippen molar-refractivity contribution in [1.82, 2.24) is 9.78 Å². The number of hydrogen-bond acceptors (Lipinski definition) is 4. The molecule has 0 radical (unpaired) electrons. The Balaban J connectivity index is 2.69. The van der Waals surface area contributed by atoms with Crippen molar-refractivity contribution in [3.05, 3.63) is 30.0 Å². The van der Waals surface area contributed by atoms with Gasteiger partial charge in [0.15, 0.2) is 11.7 Å². The van der Waals surface area contributed by atoms with Crippen LogP contribution in [-0.2, 0) is 14.9 Å². The molecule has 0 N–H and O–H groups in total. The Morgan fingerprint density at radius 2 is 2.06 bits per heavy atom. The minimum Gasteiger partial charge on any atom is -0.293 e. The maximum Gasteiger partial charge on any atom is 0.252 e. The number of para-hydroxylation sites is 1. The van der Waals surface area contributed by atoms with Gasteiger partial charge in [0.25, 0.3) is 9.05 Å². The van der Waals surface area contributed by atoms with E-state index in [9.17, 15) is 13.2 Å². The number of nitrogens with zero attached hydrogens (tertiary/aromatic N) is 2. The van der Waals surface area contributed by atoms with E-state index in [1.807, 2.05) is 0 Å². The first-order valence-corrected chi connectivity index (χ1v) is 7.25. The summed E-state index contributed by atoms with van der Waals surface area (Å²) in [4.78, 5) is 11.4. The average Bonchev–Trinajstić information content (AvgIpc) is 2.55. The molecular weight excluding hydrogens is 264 g/mol. The molecule has 0 saturated heterocycles. The summed E-state index contributed by atoms with van der Waals surface area (Å²) in [6, 6.07) is 6.91. The van der Waals surface area contributed by atoms with Crippen LogP contribution in [0, 0.1) is 0 Å². The third-order valence-electron chi connectivity index (χ3n) is 2.27. The molecule has 90 valence electrons. The molecule has 0 atom stereocenters. The molecule has 0 spiro atoms. The number of carbonyl (C=O) groups is 1. The van der Waals surface area contributed by atoms with Crippen LogP contribution >= 0.6 is 10.7 Å². The molecule has 0 aliphatic rings. The lowest BCUT2D eigenvalue weighted by Gasteiger charge is -1.98. The summed E-state index contributed by atoms with van der Waals surface area (Å²) >= 11 is 0. The van der Waals surface area contributed by atoms with E-state index >= 15 is 0 Å². The highest BCUT2D eigenvalue weighted by molar-refractivity contribution is 8.13. The standard InChI is InChI=1S/C10H9ClN2O3S/c1-7(14)10-8-4-2-3-5-9(8)13(12-10)6-17(11,15)16/h2-5H,6H2,1H3. The number of aromatic nitrogens is 2. The van der Waals surface area contributed by atoms with Gasteiger partial charge in [-0.15, -0.1) is 0 Å². The average molecular weight is 273 g/mol. The molecular formula is C10H9ClN2O3S. The summed E-state index contributed by atoms with van der Waals surface area (Å²) in [6.45, 7) is 1.38. The number of Topliss-reactive ketones (excluding diaryl/α,β-unsaturated/α-hetero) is 1. The molecule has 0 aliphatic carbocycles. The second-order valence-corrected chi connectivity index (χ2v) is 6.34. The van der Waals surface area contributed by atoms with Gasteiger partial charge in [0.1, 0.15) is 5.69 Å². The van der Waals surface area contributed by atoms with E-state index in [0.717, 1.165) is 0 Å². The van der Waals surface area contributed by atoms with Crippen LogP contribution in [0.15, 0.2) is 24.3 Å². The largest absolute Gasteiger partial charge is 0.293 e. The van der Waals surface area contributed by atoms with Crippen LogP contribution in [-0.4, -0.2) is 24.0 Å². The summed E-state index contributed by atoms with van der Waals surface area (Å²) in [6.07, 6.45) is 0. The van der Waals surface area contributed by atoms with Gasteiger partial charge in [-0.3, -0.25) is 4.79 Å². The third-order valence-corrected chi connectivity index (χ3v) is 3.11. The summed E-state index contributed by atoms with van der Waals surface area (Å²) < 4.78 is 23.3. The van der Waals surface area contributed by atoms with E-state index in [2.05, 4.69) is 5.10 Å². The topological polar surface area (TPSA) is 69.0 Å². The molecule has 0 amide bonds. The van der Waals surface area contributed by atoms with Crippen molar-refractivity contribution in [3.8, 4) is 0 Å². The highest BCUT2D eigenvalue weighted by Gasteiger charge is 2.16. The number of hydrogen-bond donors (Lipinski definition) is 0. The van der Waals surface area contributed by atoms with Crippen LogP contribution in [0.3, 0.4) is 0 Å². The quantitative estimate of drug-likeness (QED) is 0.631. The first-order valence-electron chi connectivity index (χ1n) is 4.77. The van der Waals surface area contributed by atoms with E-state index in [1.54, 1.807) is 24.3 Å². The molecule has 0 aliphatic heterocycles. The van der Waals surface area contributed by atoms with Crippen molar-refractivity contribution in [2.45, 2.75) is 12.8 Å². The molecule has 17 heavy (non-hydrogen) atoms. The Hall–Kier alpha value is -1.40. The van der Waals surface area contributed by atoms with Gasteiger partial charge in [0.2, 0.25) is 0 Å². The molecule has 2 rings (SSSR count). The summed E-state index contributed by atoms with van der Waals surface area (Å²) in [5.41, 5.74) is 0.822. The smallest absolute Gasteiger partial charge is 0.252 e. The molecule has 0 saturated carbocycles. The van der Waals surface area contributed by atoms with Gasteiger partial charge >= 0.3 is 0 Å². The number of fused-ring (bicyclic) bond motifs is 1. The number of rotatable bonds is 3. The fraction of sp³-hybridized carbons (Fsp3) is 0.200. The normalized spacial score (nSPS) is 11.9. The SMILES string of the molecule is CC(=O)c1nn(CS(=O)(=O)Cl)c2ccccc12. The number of ketones is 1. The molecule has 7 heteroatoms. The van der Waals surface area contributed by atoms with Gasteiger partial charge in [0, 0.05) is 23.0 Å². The predicted molar refractivity (Wildman–Crippen MR) is 64.5 cm³/mol. The zero-order chi connectivity index (χ0) is 12.6. The Morgan fingerprint density at radius 1 is 1.41 bits per heavy atom. The molecule has 5 nitrogen and oxygen atoms in total. The van der Waals surface area contributed by atoms with Crippen LogP contribution in [0.2, 0.25) is 0 Å². The second kappa shape index (κ2) is 4.12. The van der Waals surface area contributed by atoms with Gasteiger partial charge in [0.05, 0.1) is 5.52 Å². The minimum atomic E-state index is -3.72. The van der Waals surface area contributed by atoms with Crippen LogP contribution in [0.4, 0.5) is 0 Å². The zero-order valence-electron chi connectivity index (χ0n) is 8.92. The van der Waals surface area contributed by atoms with Crippen molar-refractivity contribution < 1.29 is 13.2 Å². The third kappa shape index (κ3) is 2.48. The van der Waals surface area contributed by atoms with Crippen LogP contribution in [0.1, 0.15) is 17.4 Å². The van der Waals surface area contributed by atoms with Gasteiger partial charge in [-0.1, -0.05) is 18.2 Å². The molecule has 1 aromatic heterocycles. The monoisotopic (exact) mass is 272 g/mol. The second-order valence-electron chi connectivity index (χ2n) is 3.59. The molecule has 0 bridgehead atoms. The minimum absolute atomic E-state index is 0.216. The molecule has 0 unspecified atom stereocenters. The lowest BCUT2D eigenvalue weighted by molar-refractivity contribution is 0.101. The van der Waals surface area contributed by atoms with E-state index in [-0.39, 0.29) is 11.5 Å². The van der Waals surface area contributed by atoms with E-state index < -0.39 is 14.9 Å². The maximum atomic E-state index is 11.4. The zero-order valence-corrected chi connectivity index (χ0v) is 10.5. The molecule has 1 aromatic carbocycles. The Morgan fingerprint density at radius 3 is 2.65 bits per heavy atom. The van der Waals surface area contributed by atoms with Gasteiger partial charge in [-0.2, -0.15) is 5.10 Å². The van der Waals surface area contributed by atoms with Crippen molar-refractivity contribution in [2.24, 2.45) is 0 Å². The Bertz CT molecular complexity index is 691. The lowest BCUT2D eigenvalue weighted by Crippen LogP contribution is -2.07. The van der Waals surface area contributed by atoms with Gasteiger partial charge in [-0.25, -0.2) is 13.1 Å². The van der Waals surface area contributed by atoms with Crippen LogP contribution in [0.25, 0.3) is 10.9 Å². The van der Waals surface area contributed by atoms with Crippen LogP contribution in [0.5, 0.6) is 0 Å². The predicted octanol–water partition coefficient (Wildman–Crippen LogP) is 1.77. The Labute approximate surface area is 102 Å². The first-order chi connectivity index (χ1) is 7.88. The first kappa shape index (κ1) is 12.1. The summed E-state index contributed by atoms with van der Waals surface area (Å²) in [5.74, 6) is -0.672. The molecule has 2 aromatic rings. The fourth-order valence-corrected chi connectivity index (χ4v) is 2.40. The summed E-state index contributed by atoms with van der Waals surface area (Å²) in [7, 11) is 1.46. The van der Waals surface area contributed by atoms with E-state index in [1.165, 1.54) is 11.6 Å². The number of halogens is 1. The lowest BCUT2D eigenvalue weighted by atomic mass is 10.2. The van der Waals surface area contributed by atoms with Crippen molar-refractivity contribution in [3.63, 3.8) is 0 Å². The van der Waals surface area contributed by atoms with E-state index in [4.69, 9.17) is 10.7 Å². The molecule has 0 fully saturated rings.